The van der Waals surface area contributed by atoms with Crippen molar-refractivity contribution >= 4 is 11.6 Å². The van der Waals surface area contributed by atoms with E-state index in [1.54, 1.807) is 6.07 Å². The molecule has 1 unspecified atom stereocenters. The molecule has 0 radical (unpaired) electrons. The third kappa shape index (κ3) is 4.19. The highest BCUT2D eigenvalue weighted by Gasteiger charge is 2.33. The molecule has 0 bridgehead atoms. The molecule has 1 aromatic carbocycles. The molecule has 1 atom stereocenters. The van der Waals surface area contributed by atoms with E-state index in [2.05, 4.69) is 4.98 Å². The van der Waals surface area contributed by atoms with E-state index >= 15 is 0 Å². The second-order valence-corrected chi connectivity index (χ2v) is 6.26. The number of carbonyl (C=O) groups is 1. The van der Waals surface area contributed by atoms with Gasteiger partial charge >= 0.3 is 0 Å². The highest BCUT2D eigenvalue weighted by Crippen LogP contribution is 2.35. The van der Waals surface area contributed by atoms with Crippen molar-refractivity contribution in [3.63, 3.8) is 0 Å². The summed E-state index contributed by atoms with van der Waals surface area (Å²) in [4.78, 5) is 29.3. The van der Waals surface area contributed by atoms with Crippen LogP contribution in [0.4, 0.5) is 5.69 Å². The van der Waals surface area contributed by atoms with E-state index in [9.17, 15) is 14.9 Å². The Morgan fingerprint density at radius 3 is 2.69 bits per heavy atom. The summed E-state index contributed by atoms with van der Waals surface area (Å²) in [6.45, 7) is 0.607. The normalized spacial score (nSPS) is 15.5. The Labute approximate surface area is 166 Å². The maximum atomic E-state index is 12.9. The first-order valence-corrected chi connectivity index (χ1v) is 8.69. The predicted molar refractivity (Wildman–Crippen MR) is 100 cm³/mol. The summed E-state index contributed by atoms with van der Waals surface area (Å²) in [6, 6.07) is 7.57. The van der Waals surface area contributed by atoms with E-state index in [-0.39, 0.29) is 35.4 Å². The molecule has 1 fully saturated rings. The Morgan fingerprint density at radius 1 is 1.31 bits per heavy atom. The minimum absolute atomic E-state index is 0.0853. The van der Waals surface area contributed by atoms with Crippen molar-refractivity contribution in [2.45, 2.75) is 12.5 Å². The fraction of sp³-hybridized carbons (Fsp3) is 0.316. The first kappa shape index (κ1) is 19.9. The summed E-state index contributed by atoms with van der Waals surface area (Å²) in [7, 11) is 2.75. The Kier molecular flexibility index (Phi) is 5.78. The van der Waals surface area contributed by atoms with Gasteiger partial charge in [-0.3, -0.25) is 14.9 Å². The lowest BCUT2D eigenvalue weighted by Gasteiger charge is -2.18. The molecule has 1 amide bonds. The van der Waals surface area contributed by atoms with Gasteiger partial charge in [-0.05, 0) is 6.07 Å². The minimum Gasteiger partial charge on any atom is -0.493 e. The molecule has 3 rings (SSSR count). The van der Waals surface area contributed by atoms with Gasteiger partial charge in [-0.2, -0.15) is 5.26 Å². The van der Waals surface area contributed by atoms with Crippen molar-refractivity contribution in [1.82, 2.24) is 9.88 Å². The molecular formula is C19H18N4O6. The molecular weight excluding hydrogens is 380 g/mol. The topological polar surface area (TPSA) is 128 Å². The summed E-state index contributed by atoms with van der Waals surface area (Å²) in [5.74, 6) is 0.190. The number of pyridine rings is 1. The van der Waals surface area contributed by atoms with Crippen molar-refractivity contribution in [1.29, 1.82) is 5.26 Å². The Hall–Kier alpha value is -3.87. The summed E-state index contributed by atoms with van der Waals surface area (Å²) in [5, 5.41) is 20.4. The molecule has 0 aliphatic carbocycles. The number of carbonyl (C=O) groups excluding carboxylic acids is 1. The summed E-state index contributed by atoms with van der Waals surface area (Å²) in [5.41, 5.74) is -0.0276. The van der Waals surface area contributed by atoms with E-state index in [1.807, 2.05) is 6.07 Å². The maximum absolute atomic E-state index is 12.9. The zero-order chi connectivity index (χ0) is 21.0. The third-order valence-corrected chi connectivity index (χ3v) is 4.51. The second-order valence-electron chi connectivity index (χ2n) is 6.26. The van der Waals surface area contributed by atoms with Crippen LogP contribution in [0.1, 0.15) is 22.3 Å². The summed E-state index contributed by atoms with van der Waals surface area (Å²) >= 11 is 0. The van der Waals surface area contributed by atoms with Crippen molar-refractivity contribution in [2.24, 2.45) is 0 Å². The molecule has 1 aliphatic heterocycles. The van der Waals surface area contributed by atoms with E-state index < -0.39 is 10.8 Å². The quantitative estimate of drug-likeness (QED) is 0.535. The van der Waals surface area contributed by atoms with Crippen molar-refractivity contribution in [3.8, 4) is 23.4 Å². The Balaban J connectivity index is 1.79. The van der Waals surface area contributed by atoms with Crippen LogP contribution in [-0.4, -0.2) is 54.1 Å². The molecule has 0 saturated carbocycles. The van der Waals surface area contributed by atoms with Gasteiger partial charge in [0, 0.05) is 31.3 Å². The number of nitrogens with zero attached hydrogens (tertiary/aromatic N) is 4. The molecule has 1 aromatic heterocycles. The lowest BCUT2D eigenvalue weighted by Crippen LogP contribution is -2.31. The van der Waals surface area contributed by atoms with Crippen LogP contribution in [0.5, 0.6) is 17.4 Å². The number of nitro groups is 1. The zero-order valence-electron chi connectivity index (χ0n) is 15.8. The zero-order valence-corrected chi connectivity index (χ0v) is 15.8. The van der Waals surface area contributed by atoms with Gasteiger partial charge in [0.05, 0.1) is 43.4 Å². The average molecular weight is 398 g/mol. The van der Waals surface area contributed by atoms with Crippen molar-refractivity contribution < 1.29 is 23.9 Å². The standard InChI is InChI=1S/C19H18N4O6/c1-27-16-8-14(15(23(25)26)9-17(16)28-2)19(24)22-6-4-13(11-22)29-18-7-12(10-20)3-5-21-18/h3,5,7-9,13H,4,6,11H2,1-2H3. The molecule has 29 heavy (non-hydrogen) atoms. The van der Waals surface area contributed by atoms with Gasteiger partial charge in [0.1, 0.15) is 11.7 Å². The minimum atomic E-state index is -0.628. The van der Waals surface area contributed by atoms with Gasteiger partial charge in [0.15, 0.2) is 11.5 Å². The molecule has 10 nitrogen and oxygen atoms in total. The molecule has 1 saturated heterocycles. The first-order chi connectivity index (χ1) is 14.0. The Bertz CT molecular complexity index is 987. The van der Waals surface area contributed by atoms with Crippen molar-refractivity contribution in [2.75, 3.05) is 27.3 Å². The number of hydrogen-bond donors (Lipinski definition) is 0. The number of nitriles is 1. The number of likely N-dealkylation sites (tertiary alicyclic amines) is 1. The lowest BCUT2D eigenvalue weighted by molar-refractivity contribution is -0.385. The molecule has 1 aliphatic rings. The molecule has 150 valence electrons. The third-order valence-electron chi connectivity index (χ3n) is 4.51. The molecule has 2 aromatic rings. The molecule has 2 heterocycles. The van der Waals surface area contributed by atoms with Gasteiger partial charge in [0.25, 0.3) is 11.6 Å². The van der Waals surface area contributed by atoms with E-state index in [4.69, 9.17) is 19.5 Å². The maximum Gasteiger partial charge on any atom is 0.286 e. The fourth-order valence-electron chi connectivity index (χ4n) is 3.08. The number of nitro benzene ring substituents is 1. The van der Waals surface area contributed by atoms with Crippen LogP contribution in [0.2, 0.25) is 0 Å². The van der Waals surface area contributed by atoms with Gasteiger partial charge < -0.3 is 19.1 Å². The number of amides is 1. The monoisotopic (exact) mass is 398 g/mol. The van der Waals surface area contributed by atoms with Crippen LogP contribution < -0.4 is 14.2 Å². The fourth-order valence-corrected chi connectivity index (χ4v) is 3.08. The van der Waals surface area contributed by atoms with Gasteiger partial charge in [0.2, 0.25) is 5.88 Å². The van der Waals surface area contributed by atoms with Crippen molar-refractivity contribution in [3.05, 3.63) is 51.7 Å². The van der Waals surface area contributed by atoms with E-state index in [0.717, 1.165) is 0 Å². The van der Waals surface area contributed by atoms with Gasteiger partial charge in [-0.25, -0.2) is 4.98 Å². The Morgan fingerprint density at radius 2 is 2.03 bits per heavy atom. The number of ether oxygens (including phenoxy) is 3. The van der Waals surface area contributed by atoms with E-state index in [0.29, 0.717) is 24.4 Å². The SMILES string of the molecule is COc1cc(C(=O)N2CCC(Oc3cc(C#N)ccn3)C2)c([N+](=O)[O-])cc1OC. The number of benzene rings is 1. The van der Waals surface area contributed by atoms with Gasteiger partial charge in [-0.15, -0.1) is 0 Å². The number of methoxy groups -OCH3 is 2. The smallest absolute Gasteiger partial charge is 0.286 e. The predicted octanol–water partition coefficient (Wildman–Crippen LogP) is 2.17. The lowest BCUT2D eigenvalue weighted by atomic mass is 10.1. The number of rotatable bonds is 6. The van der Waals surface area contributed by atoms with Crippen LogP contribution in [0.15, 0.2) is 30.5 Å². The first-order valence-electron chi connectivity index (χ1n) is 8.69. The number of aromatic nitrogens is 1. The second kappa shape index (κ2) is 8.43. The molecule has 0 spiro atoms. The van der Waals surface area contributed by atoms with Gasteiger partial charge in [-0.1, -0.05) is 0 Å². The van der Waals surface area contributed by atoms with E-state index in [1.165, 1.54) is 43.5 Å². The average Bonchev–Trinajstić information content (AvgIpc) is 3.20. The summed E-state index contributed by atoms with van der Waals surface area (Å²) in [6.07, 6.45) is 1.67. The van der Waals surface area contributed by atoms with Crippen LogP contribution in [0, 0.1) is 21.4 Å². The number of hydrogen-bond acceptors (Lipinski definition) is 8. The van der Waals surface area contributed by atoms with Crippen LogP contribution in [0.3, 0.4) is 0 Å². The summed E-state index contributed by atoms with van der Waals surface area (Å²) < 4.78 is 16.0. The highest BCUT2D eigenvalue weighted by atomic mass is 16.6. The highest BCUT2D eigenvalue weighted by molar-refractivity contribution is 5.99. The largest absolute Gasteiger partial charge is 0.493 e. The van der Waals surface area contributed by atoms with Crippen LogP contribution in [-0.2, 0) is 0 Å². The molecule has 10 heteroatoms. The van der Waals surface area contributed by atoms with Crippen LogP contribution >= 0.6 is 0 Å². The molecule has 0 N–H and O–H groups in total. The van der Waals surface area contributed by atoms with Crippen LogP contribution in [0.25, 0.3) is 0 Å².